The van der Waals surface area contributed by atoms with Crippen molar-refractivity contribution in [2.45, 2.75) is 31.1 Å². The van der Waals surface area contributed by atoms with Crippen LogP contribution in [-0.2, 0) is 10.2 Å². The summed E-state index contributed by atoms with van der Waals surface area (Å²) in [7, 11) is 6.23. The molecule has 1 amide bonds. The van der Waals surface area contributed by atoms with Gasteiger partial charge in [-0.3, -0.25) is 4.79 Å². The molecule has 1 aliphatic rings. The van der Waals surface area contributed by atoms with Crippen LogP contribution < -0.4 is 5.32 Å². The Morgan fingerprint density at radius 1 is 1.03 bits per heavy atom. The first-order valence-corrected chi connectivity index (χ1v) is 11.2. The van der Waals surface area contributed by atoms with E-state index >= 15 is 0 Å². The fourth-order valence-electron chi connectivity index (χ4n) is 5.01. The highest BCUT2D eigenvalue weighted by Crippen LogP contribution is 2.37. The van der Waals surface area contributed by atoms with Crippen LogP contribution in [0.2, 0.25) is 0 Å². The molecule has 1 heterocycles. The summed E-state index contributed by atoms with van der Waals surface area (Å²) >= 11 is 0. The lowest BCUT2D eigenvalue weighted by Crippen LogP contribution is -2.51. The van der Waals surface area contributed by atoms with Crippen LogP contribution in [0.15, 0.2) is 60.7 Å². The minimum atomic E-state index is -0.0459. The second kappa shape index (κ2) is 10.2. The molecule has 0 spiro atoms. The number of rotatable bonds is 8. The van der Waals surface area contributed by atoms with E-state index in [0.717, 1.165) is 32.5 Å². The van der Waals surface area contributed by atoms with Crippen LogP contribution in [0.5, 0.6) is 0 Å². The van der Waals surface area contributed by atoms with Crippen molar-refractivity contribution in [2.75, 3.05) is 47.3 Å². The maximum Gasteiger partial charge on any atom is 0.227 e. The first-order valence-electron chi connectivity index (χ1n) is 11.2. The van der Waals surface area contributed by atoms with Crippen LogP contribution >= 0.6 is 0 Å². The van der Waals surface area contributed by atoms with Gasteiger partial charge in [0.2, 0.25) is 5.91 Å². The molecule has 162 valence electrons. The van der Waals surface area contributed by atoms with Crippen molar-refractivity contribution in [3.05, 3.63) is 71.8 Å². The molecular weight excluding hydrogens is 370 g/mol. The molecule has 1 aliphatic heterocycles. The highest BCUT2D eigenvalue weighted by Gasteiger charge is 2.39. The van der Waals surface area contributed by atoms with Gasteiger partial charge in [-0.15, -0.1) is 0 Å². The zero-order valence-electron chi connectivity index (χ0n) is 19.0. The average molecular weight is 408 g/mol. The van der Waals surface area contributed by atoms with Gasteiger partial charge in [0.05, 0.1) is 5.92 Å². The second-order valence-corrected chi connectivity index (χ2v) is 9.07. The molecule has 0 radical (unpaired) electrons. The van der Waals surface area contributed by atoms with Crippen molar-refractivity contribution in [3.8, 4) is 0 Å². The smallest absolute Gasteiger partial charge is 0.227 e. The van der Waals surface area contributed by atoms with Gasteiger partial charge in [0, 0.05) is 31.6 Å². The van der Waals surface area contributed by atoms with Crippen LogP contribution in [0.1, 0.15) is 36.8 Å². The van der Waals surface area contributed by atoms with Crippen molar-refractivity contribution in [1.82, 2.24) is 15.1 Å². The number of piperidine rings is 1. The van der Waals surface area contributed by atoms with Gasteiger partial charge in [0.1, 0.15) is 0 Å². The molecule has 4 heteroatoms. The number of nitrogens with one attached hydrogen (secondary N) is 1. The highest BCUT2D eigenvalue weighted by molar-refractivity contribution is 5.80. The fourth-order valence-corrected chi connectivity index (χ4v) is 5.01. The van der Waals surface area contributed by atoms with Crippen LogP contribution in [0, 0.1) is 5.92 Å². The van der Waals surface area contributed by atoms with E-state index < -0.39 is 0 Å². The number of amides is 1. The number of likely N-dealkylation sites (N-methyl/N-ethyl adjacent to an activating group) is 1. The van der Waals surface area contributed by atoms with E-state index in [1.54, 1.807) is 0 Å². The molecular formula is C26H37N3O. The normalized spacial score (nSPS) is 18.2. The van der Waals surface area contributed by atoms with E-state index in [4.69, 9.17) is 0 Å². The molecule has 4 nitrogen and oxygen atoms in total. The summed E-state index contributed by atoms with van der Waals surface area (Å²) in [5.74, 6) is 0.427. The van der Waals surface area contributed by atoms with Gasteiger partial charge < -0.3 is 15.1 Å². The van der Waals surface area contributed by atoms with Gasteiger partial charge in [-0.05, 0) is 51.0 Å². The second-order valence-electron chi connectivity index (χ2n) is 9.07. The van der Waals surface area contributed by atoms with Crippen molar-refractivity contribution < 1.29 is 4.79 Å². The van der Waals surface area contributed by atoms with E-state index in [1.165, 1.54) is 11.1 Å². The SMILES string of the molecule is CNCC(C(=O)N1CCC(CN(C)C)(c2ccccc2)CC1)C(C)c1ccccc1. The summed E-state index contributed by atoms with van der Waals surface area (Å²) in [6.07, 6.45) is 2.01. The van der Waals surface area contributed by atoms with Crippen molar-refractivity contribution in [2.24, 2.45) is 5.92 Å². The van der Waals surface area contributed by atoms with Crippen LogP contribution in [-0.4, -0.2) is 63.0 Å². The average Bonchev–Trinajstić information content (AvgIpc) is 2.78. The molecule has 1 fully saturated rings. The maximum absolute atomic E-state index is 13.5. The van der Waals surface area contributed by atoms with E-state index in [-0.39, 0.29) is 23.2 Å². The Balaban J connectivity index is 1.75. The van der Waals surface area contributed by atoms with Crippen molar-refractivity contribution in [3.63, 3.8) is 0 Å². The van der Waals surface area contributed by atoms with Crippen molar-refractivity contribution in [1.29, 1.82) is 0 Å². The third-order valence-corrected chi connectivity index (χ3v) is 6.71. The van der Waals surface area contributed by atoms with Gasteiger partial charge in [-0.25, -0.2) is 0 Å². The predicted molar refractivity (Wildman–Crippen MR) is 125 cm³/mol. The molecule has 2 atom stereocenters. The molecule has 0 saturated carbocycles. The third kappa shape index (κ3) is 5.11. The molecule has 2 aromatic carbocycles. The lowest BCUT2D eigenvalue weighted by Gasteiger charge is -2.45. The molecule has 30 heavy (non-hydrogen) atoms. The summed E-state index contributed by atoms with van der Waals surface area (Å²) in [6.45, 7) is 5.54. The lowest BCUT2D eigenvalue weighted by atomic mass is 9.72. The highest BCUT2D eigenvalue weighted by atomic mass is 16.2. The van der Waals surface area contributed by atoms with Crippen LogP contribution in [0.3, 0.4) is 0 Å². The van der Waals surface area contributed by atoms with Crippen LogP contribution in [0.25, 0.3) is 0 Å². The monoisotopic (exact) mass is 407 g/mol. The molecule has 0 bridgehead atoms. The zero-order valence-corrected chi connectivity index (χ0v) is 19.0. The summed E-state index contributed by atoms with van der Waals surface area (Å²) in [6, 6.07) is 21.3. The Morgan fingerprint density at radius 2 is 1.60 bits per heavy atom. The number of hydrogen-bond acceptors (Lipinski definition) is 3. The quantitative estimate of drug-likeness (QED) is 0.724. The Morgan fingerprint density at radius 3 is 2.13 bits per heavy atom. The fraction of sp³-hybridized carbons (Fsp3) is 0.500. The molecule has 2 aromatic rings. The number of nitrogens with zero attached hydrogens (tertiary/aromatic N) is 2. The molecule has 3 rings (SSSR count). The number of hydrogen-bond donors (Lipinski definition) is 1. The molecule has 0 aromatic heterocycles. The summed E-state index contributed by atoms with van der Waals surface area (Å²) < 4.78 is 0. The van der Waals surface area contributed by atoms with Gasteiger partial charge in [-0.2, -0.15) is 0 Å². The van der Waals surface area contributed by atoms with E-state index in [0.29, 0.717) is 6.54 Å². The molecule has 1 N–H and O–H groups in total. The summed E-state index contributed by atoms with van der Waals surface area (Å²) in [5, 5.41) is 3.25. The van der Waals surface area contributed by atoms with Gasteiger partial charge in [0.25, 0.3) is 0 Å². The van der Waals surface area contributed by atoms with Gasteiger partial charge >= 0.3 is 0 Å². The van der Waals surface area contributed by atoms with E-state index in [9.17, 15) is 4.79 Å². The molecule has 2 unspecified atom stereocenters. The Labute approximate surface area is 182 Å². The Bertz CT molecular complexity index is 782. The topological polar surface area (TPSA) is 35.6 Å². The number of carbonyl (C=O) groups excluding carboxylic acids is 1. The van der Waals surface area contributed by atoms with E-state index in [2.05, 4.69) is 90.7 Å². The van der Waals surface area contributed by atoms with Gasteiger partial charge in [-0.1, -0.05) is 67.6 Å². The number of benzene rings is 2. The zero-order chi connectivity index (χ0) is 21.6. The standard InChI is InChI=1S/C26H37N3O/c1-21(22-11-7-5-8-12-22)24(19-27-2)25(30)29-17-15-26(16-18-29,20-28(3)4)23-13-9-6-10-14-23/h5-14,21,24,27H,15-20H2,1-4H3. The minimum Gasteiger partial charge on any atom is -0.342 e. The van der Waals surface area contributed by atoms with Gasteiger partial charge in [0.15, 0.2) is 0 Å². The third-order valence-electron chi connectivity index (χ3n) is 6.71. The summed E-state index contributed by atoms with van der Waals surface area (Å²) in [5.41, 5.74) is 2.75. The predicted octanol–water partition coefficient (Wildman–Crippen LogP) is 3.75. The first kappa shape index (κ1) is 22.5. The maximum atomic E-state index is 13.5. The number of likely N-dealkylation sites (tertiary alicyclic amines) is 1. The summed E-state index contributed by atoms with van der Waals surface area (Å²) in [4.78, 5) is 17.9. The minimum absolute atomic E-state index is 0.0459. The van der Waals surface area contributed by atoms with E-state index in [1.807, 2.05) is 13.1 Å². The Kier molecular flexibility index (Phi) is 7.68. The largest absolute Gasteiger partial charge is 0.342 e. The number of carbonyl (C=O) groups is 1. The van der Waals surface area contributed by atoms with Crippen LogP contribution in [0.4, 0.5) is 0 Å². The molecule has 0 aliphatic carbocycles. The molecule has 1 saturated heterocycles. The first-order chi connectivity index (χ1) is 14.5. The lowest BCUT2D eigenvalue weighted by molar-refractivity contribution is -0.137. The Hall–Kier alpha value is -2.17. The van der Waals surface area contributed by atoms with Crippen molar-refractivity contribution >= 4 is 5.91 Å².